The summed E-state index contributed by atoms with van der Waals surface area (Å²) in [5.74, 6) is 0.978. The van der Waals surface area contributed by atoms with Crippen LogP contribution in [0.2, 0.25) is 5.02 Å². The number of hydrogen-bond acceptors (Lipinski definition) is 5. The third-order valence-corrected chi connectivity index (χ3v) is 3.13. The number of hydrogen-bond donors (Lipinski definition) is 2. The first kappa shape index (κ1) is 13.6. The van der Waals surface area contributed by atoms with Gasteiger partial charge in [-0.2, -0.15) is 9.97 Å². The predicted octanol–water partition coefficient (Wildman–Crippen LogP) is 3.02. The van der Waals surface area contributed by atoms with E-state index in [2.05, 4.69) is 25.3 Å². The van der Waals surface area contributed by atoms with Crippen LogP contribution < -0.4 is 10.1 Å². The molecule has 108 valence electrons. The number of ether oxygens (including phenoxy) is 1. The monoisotopic (exact) mass is 303 g/mol. The minimum Gasteiger partial charge on any atom is -0.471 e. The molecule has 3 aromatic rings. The average Bonchev–Trinajstić information content (AvgIpc) is 2.95. The van der Waals surface area contributed by atoms with Gasteiger partial charge in [0.25, 0.3) is 0 Å². The molecule has 0 aliphatic rings. The second-order valence-corrected chi connectivity index (χ2v) is 4.84. The molecule has 7 heteroatoms. The predicted molar refractivity (Wildman–Crippen MR) is 81.6 cm³/mol. The van der Waals surface area contributed by atoms with Gasteiger partial charge in [0, 0.05) is 11.6 Å². The van der Waals surface area contributed by atoms with E-state index in [1.807, 2.05) is 31.2 Å². The van der Waals surface area contributed by atoms with E-state index in [4.69, 9.17) is 16.3 Å². The number of nitrogens with zero attached hydrogens (tertiary/aromatic N) is 3. The van der Waals surface area contributed by atoms with Crippen LogP contribution in [0.5, 0.6) is 5.88 Å². The summed E-state index contributed by atoms with van der Waals surface area (Å²) in [5.41, 5.74) is 2.27. The first-order valence-electron chi connectivity index (χ1n) is 6.58. The molecule has 0 amide bonds. The molecule has 0 radical (unpaired) electrons. The summed E-state index contributed by atoms with van der Waals surface area (Å²) in [7, 11) is 0. The summed E-state index contributed by atoms with van der Waals surface area (Å²) in [6.45, 7) is 3.10. The molecule has 2 aromatic heterocycles. The number of imidazole rings is 1. The van der Waals surface area contributed by atoms with Gasteiger partial charge >= 0.3 is 0 Å². The van der Waals surface area contributed by atoms with Crippen LogP contribution in [-0.2, 0) is 6.61 Å². The Kier molecular flexibility index (Phi) is 3.87. The third kappa shape index (κ3) is 3.05. The first-order valence-corrected chi connectivity index (χ1v) is 6.96. The van der Waals surface area contributed by atoms with Crippen LogP contribution >= 0.6 is 11.6 Å². The van der Waals surface area contributed by atoms with Crippen LogP contribution in [0.3, 0.4) is 0 Å². The summed E-state index contributed by atoms with van der Waals surface area (Å²) in [6.07, 6.45) is 1.57. The van der Waals surface area contributed by atoms with Gasteiger partial charge in [0.1, 0.15) is 12.1 Å². The van der Waals surface area contributed by atoms with Gasteiger partial charge in [-0.3, -0.25) is 0 Å². The molecule has 2 heterocycles. The molecule has 6 nitrogen and oxygen atoms in total. The fourth-order valence-corrected chi connectivity index (χ4v) is 2.01. The molecule has 2 N–H and O–H groups in total. The molecule has 0 aliphatic carbocycles. The van der Waals surface area contributed by atoms with E-state index in [0.717, 1.165) is 12.1 Å². The van der Waals surface area contributed by atoms with Crippen molar-refractivity contribution in [2.45, 2.75) is 13.5 Å². The zero-order valence-electron chi connectivity index (χ0n) is 11.4. The van der Waals surface area contributed by atoms with Crippen molar-refractivity contribution < 1.29 is 4.74 Å². The summed E-state index contributed by atoms with van der Waals surface area (Å²) in [6, 6.07) is 7.49. The van der Waals surface area contributed by atoms with E-state index in [0.29, 0.717) is 34.6 Å². The number of benzene rings is 1. The third-order valence-electron chi connectivity index (χ3n) is 2.88. The van der Waals surface area contributed by atoms with Crippen molar-refractivity contribution >= 4 is 28.7 Å². The maximum absolute atomic E-state index is 5.86. The van der Waals surface area contributed by atoms with E-state index in [9.17, 15) is 0 Å². The van der Waals surface area contributed by atoms with Crippen molar-refractivity contribution in [2.24, 2.45) is 0 Å². The lowest BCUT2D eigenvalue weighted by Crippen LogP contribution is -2.05. The van der Waals surface area contributed by atoms with E-state index in [1.165, 1.54) is 0 Å². The van der Waals surface area contributed by atoms with Crippen LogP contribution in [0.1, 0.15) is 12.5 Å². The van der Waals surface area contributed by atoms with Crippen molar-refractivity contribution in [2.75, 3.05) is 11.9 Å². The van der Waals surface area contributed by atoms with Gasteiger partial charge in [-0.25, -0.2) is 4.98 Å². The van der Waals surface area contributed by atoms with Crippen molar-refractivity contribution in [3.8, 4) is 5.88 Å². The highest BCUT2D eigenvalue weighted by atomic mass is 35.5. The zero-order valence-corrected chi connectivity index (χ0v) is 12.2. The van der Waals surface area contributed by atoms with E-state index < -0.39 is 0 Å². The molecule has 0 saturated heterocycles. The molecule has 1 aromatic carbocycles. The van der Waals surface area contributed by atoms with Crippen molar-refractivity contribution in [3.05, 3.63) is 41.2 Å². The Morgan fingerprint density at radius 1 is 1.24 bits per heavy atom. The van der Waals surface area contributed by atoms with Gasteiger partial charge in [-0.05, 0) is 24.6 Å². The van der Waals surface area contributed by atoms with Gasteiger partial charge in [-0.15, -0.1) is 0 Å². The number of H-pyrrole nitrogens is 1. The molecular formula is C14H14ClN5O. The number of aromatic amines is 1. The molecule has 0 spiro atoms. The van der Waals surface area contributed by atoms with Crippen LogP contribution in [-0.4, -0.2) is 26.5 Å². The van der Waals surface area contributed by atoms with Crippen molar-refractivity contribution in [3.63, 3.8) is 0 Å². The lowest BCUT2D eigenvalue weighted by Gasteiger charge is -2.08. The topological polar surface area (TPSA) is 75.7 Å². The molecule has 0 bridgehead atoms. The molecule has 3 rings (SSSR count). The molecule has 0 saturated carbocycles. The highest BCUT2D eigenvalue weighted by molar-refractivity contribution is 6.30. The Balaban J connectivity index is 1.84. The Morgan fingerprint density at radius 3 is 2.81 bits per heavy atom. The van der Waals surface area contributed by atoms with Gasteiger partial charge in [0.15, 0.2) is 5.65 Å². The first-order chi connectivity index (χ1) is 10.3. The molecule has 0 atom stereocenters. The number of halogens is 1. The largest absolute Gasteiger partial charge is 0.471 e. The molecule has 21 heavy (non-hydrogen) atoms. The highest BCUT2D eigenvalue weighted by Crippen LogP contribution is 2.22. The van der Waals surface area contributed by atoms with Gasteiger partial charge in [0.05, 0.1) is 6.33 Å². The van der Waals surface area contributed by atoms with Crippen molar-refractivity contribution in [1.29, 1.82) is 0 Å². The molecule has 0 unspecified atom stereocenters. The van der Waals surface area contributed by atoms with Crippen LogP contribution in [0.15, 0.2) is 30.6 Å². The van der Waals surface area contributed by atoms with E-state index >= 15 is 0 Å². The number of rotatable bonds is 5. The fraction of sp³-hybridized carbons (Fsp3) is 0.214. The highest BCUT2D eigenvalue weighted by Gasteiger charge is 2.11. The summed E-state index contributed by atoms with van der Waals surface area (Å²) >= 11 is 5.86. The maximum atomic E-state index is 5.86. The Morgan fingerprint density at radius 2 is 2.05 bits per heavy atom. The van der Waals surface area contributed by atoms with Crippen molar-refractivity contribution in [1.82, 2.24) is 19.9 Å². The minimum absolute atomic E-state index is 0.397. The zero-order chi connectivity index (χ0) is 14.7. The average molecular weight is 304 g/mol. The lowest BCUT2D eigenvalue weighted by molar-refractivity contribution is 0.297. The van der Waals surface area contributed by atoms with Gasteiger partial charge in [0.2, 0.25) is 11.8 Å². The van der Waals surface area contributed by atoms with E-state index in [1.54, 1.807) is 6.33 Å². The fourth-order valence-electron chi connectivity index (χ4n) is 1.88. The standard InChI is InChI=1S/C14H14ClN5O/c1-2-16-14-19-12-11(17-8-18-12)13(20-14)21-7-9-3-5-10(15)6-4-9/h3-6,8H,2,7H2,1H3,(H2,16,17,18,19,20). The quantitative estimate of drug-likeness (QED) is 0.758. The van der Waals surface area contributed by atoms with E-state index in [-0.39, 0.29) is 0 Å². The number of fused-ring (bicyclic) bond motifs is 1. The number of aromatic nitrogens is 4. The normalized spacial score (nSPS) is 10.8. The smallest absolute Gasteiger partial charge is 0.245 e. The van der Waals surface area contributed by atoms with Crippen LogP contribution in [0, 0.1) is 0 Å². The van der Waals surface area contributed by atoms with Gasteiger partial charge in [-0.1, -0.05) is 23.7 Å². The second-order valence-electron chi connectivity index (χ2n) is 4.40. The van der Waals surface area contributed by atoms with Crippen LogP contribution in [0.25, 0.3) is 11.2 Å². The molecular weight excluding hydrogens is 290 g/mol. The van der Waals surface area contributed by atoms with Gasteiger partial charge < -0.3 is 15.0 Å². The Hall–Kier alpha value is -2.34. The SMILES string of the molecule is CCNc1nc(OCc2ccc(Cl)cc2)c2[nH]cnc2n1. The maximum Gasteiger partial charge on any atom is 0.245 e. The summed E-state index contributed by atoms with van der Waals surface area (Å²) in [5, 5.41) is 3.76. The molecule has 0 aliphatic heterocycles. The summed E-state index contributed by atoms with van der Waals surface area (Å²) in [4.78, 5) is 15.8. The molecule has 0 fully saturated rings. The van der Waals surface area contributed by atoms with Crippen LogP contribution in [0.4, 0.5) is 5.95 Å². The number of anilines is 1. The number of nitrogens with one attached hydrogen (secondary N) is 2. The minimum atomic E-state index is 0.397. The second kappa shape index (κ2) is 5.97. The Bertz CT molecular complexity index is 741. The summed E-state index contributed by atoms with van der Waals surface area (Å²) < 4.78 is 5.79. The Labute approximate surface area is 126 Å². The lowest BCUT2D eigenvalue weighted by atomic mass is 10.2.